The van der Waals surface area contributed by atoms with Gasteiger partial charge in [-0.1, -0.05) is 24.3 Å². The van der Waals surface area contributed by atoms with E-state index >= 15 is 0 Å². The van der Waals surface area contributed by atoms with E-state index in [0.29, 0.717) is 31.5 Å². The lowest BCUT2D eigenvalue weighted by molar-refractivity contribution is -0.133. The van der Waals surface area contributed by atoms with Crippen molar-refractivity contribution in [3.8, 4) is 0 Å². The van der Waals surface area contributed by atoms with Crippen molar-refractivity contribution >= 4 is 17.5 Å². The zero-order valence-corrected chi connectivity index (χ0v) is 15.8. The average Bonchev–Trinajstić information content (AvgIpc) is 2.65. The van der Waals surface area contributed by atoms with Crippen molar-refractivity contribution in [3.63, 3.8) is 0 Å². The summed E-state index contributed by atoms with van der Waals surface area (Å²) in [6.07, 6.45) is 1.48. The highest BCUT2D eigenvalue weighted by Gasteiger charge is 2.27. The number of anilines is 1. The van der Waals surface area contributed by atoms with Gasteiger partial charge in [-0.05, 0) is 61.6 Å². The van der Waals surface area contributed by atoms with Crippen LogP contribution in [0.3, 0.4) is 0 Å². The molecule has 27 heavy (non-hydrogen) atoms. The summed E-state index contributed by atoms with van der Waals surface area (Å²) < 4.78 is 13.3. The van der Waals surface area contributed by atoms with Crippen LogP contribution in [0.4, 0.5) is 10.1 Å². The normalized spacial score (nSPS) is 14.9. The number of carbonyl (C=O) groups excluding carboxylic acids is 2. The highest BCUT2D eigenvalue weighted by atomic mass is 19.1. The van der Waals surface area contributed by atoms with E-state index in [1.54, 1.807) is 17.0 Å². The third-order valence-electron chi connectivity index (χ3n) is 5.33. The Morgan fingerprint density at radius 1 is 1.11 bits per heavy atom. The number of aryl methyl sites for hydroxylation is 1. The van der Waals surface area contributed by atoms with Crippen LogP contribution < -0.4 is 5.32 Å². The molecule has 0 saturated carbocycles. The smallest absolute Gasteiger partial charge is 0.227 e. The van der Waals surface area contributed by atoms with E-state index < -0.39 is 0 Å². The molecule has 0 atom stereocenters. The first-order valence-corrected chi connectivity index (χ1v) is 9.33. The molecule has 0 aliphatic carbocycles. The Labute approximate surface area is 159 Å². The zero-order chi connectivity index (χ0) is 19.4. The summed E-state index contributed by atoms with van der Waals surface area (Å²) in [6, 6.07) is 12.0. The van der Waals surface area contributed by atoms with Crippen LogP contribution in [0.2, 0.25) is 0 Å². The second kappa shape index (κ2) is 8.33. The first-order valence-electron chi connectivity index (χ1n) is 9.33. The number of halogens is 1. The summed E-state index contributed by atoms with van der Waals surface area (Å²) in [7, 11) is 0. The topological polar surface area (TPSA) is 49.4 Å². The number of rotatable bonds is 4. The average molecular weight is 368 g/mol. The summed E-state index contributed by atoms with van der Waals surface area (Å²) in [5.41, 5.74) is 3.75. The molecular weight excluding hydrogens is 343 g/mol. The second-order valence-electron chi connectivity index (χ2n) is 7.20. The number of amides is 2. The quantitative estimate of drug-likeness (QED) is 0.891. The Kier molecular flexibility index (Phi) is 5.89. The van der Waals surface area contributed by atoms with Gasteiger partial charge in [0, 0.05) is 24.7 Å². The summed E-state index contributed by atoms with van der Waals surface area (Å²) in [4.78, 5) is 26.8. The van der Waals surface area contributed by atoms with E-state index in [-0.39, 0.29) is 30.0 Å². The SMILES string of the molecule is Cc1cccc(NC(=O)C2CCN(C(=O)Cc3cccc(F)c3)CC2)c1C. The van der Waals surface area contributed by atoms with Crippen LogP contribution in [0.15, 0.2) is 42.5 Å². The molecule has 1 aliphatic heterocycles. The summed E-state index contributed by atoms with van der Waals surface area (Å²) in [6.45, 7) is 5.13. The minimum absolute atomic E-state index is 0.0147. The standard InChI is InChI=1S/C22H25FN2O2/c1-15-5-3-8-20(16(15)2)24-22(27)18-9-11-25(12-10-18)21(26)14-17-6-4-7-19(23)13-17/h3-8,13,18H,9-12,14H2,1-2H3,(H,24,27). The minimum atomic E-state index is -0.331. The molecular formula is C22H25FN2O2. The van der Waals surface area contributed by atoms with E-state index in [4.69, 9.17) is 0 Å². The Bertz CT molecular complexity index is 842. The third-order valence-corrected chi connectivity index (χ3v) is 5.33. The molecule has 2 aromatic rings. The first-order chi connectivity index (χ1) is 12.9. The van der Waals surface area contributed by atoms with Gasteiger partial charge in [-0.25, -0.2) is 4.39 Å². The van der Waals surface area contributed by atoms with Crippen molar-refractivity contribution in [2.75, 3.05) is 18.4 Å². The van der Waals surface area contributed by atoms with Crippen molar-refractivity contribution in [3.05, 3.63) is 65.0 Å². The maximum Gasteiger partial charge on any atom is 0.227 e. The first kappa shape index (κ1) is 19.1. The highest BCUT2D eigenvalue weighted by molar-refractivity contribution is 5.93. The lowest BCUT2D eigenvalue weighted by atomic mass is 9.95. The number of nitrogens with one attached hydrogen (secondary N) is 1. The molecule has 0 bridgehead atoms. The Balaban J connectivity index is 1.53. The number of hydrogen-bond donors (Lipinski definition) is 1. The molecule has 0 aromatic heterocycles. The van der Waals surface area contributed by atoms with Crippen LogP contribution in [0.25, 0.3) is 0 Å². The van der Waals surface area contributed by atoms with Gasteiger partial charge in [0.05, 0.1) is 6.42 Å². The molecule has 1 heterocycles. The number of hydrogen-bond acceptors (Lipinski definition) is 2. The Hall–Kier alpha value is -2.69. The van der Waals surface area contributed by atoms with Gasteiger partial charge < -0.3 is 10.2 Å². The lowest BCUT2D eigenvalue weighted by Gasteiger charge is -2.31. The Morgan fingerprint density at radius 3 is 2.52 bits per heavy atom. The van der Waals surface area contributed by atoms with Crippen LogP contribution in [-0.4, -0.2) is 29.8 Å². The van der Waals surface area contributed by atoms with Gasteiger partial charge in [0.2, 0.25) is 11.8 Å². The molecule has 2 aromatic carbocycles. The fourth-order valence-electron chi connectivity index (χ4n) is 3.45. The van der Waals surface area contributed by atoms with Crippen LogP contribution in [0.5, 0.6) is 0 Å². The summed E-state index contributed by atoms with van der Waals surface area (Å²) >= 11 is 0. The van der Waals surface area contributed by atoms with E-state index in [0.717, 1.165) is 16.8 Å². The fourth-order valence-corrected chi connectivity index (χ4v) is 3.45. The van der Waals surface area contributed by atoms with Crippen LogP contribution >= 0.6 is 0 Å². The zero-order valence-electron chi connectivity index (χ0n) is 15.8. The largest absolute Gasteiger partial charge is 0.342 e. The minimum Gasteiger partial charge on any atom is -0.342 e. The highest BCUT2D eigenvalue weighted by Crippen LogP contribution is 2.23. The van der Waals surface area contributed by atoms with Gasteiger partial charge in [0.25, 0.3) is 0 Å². The van der Waals surface area contributed by atoms with Gasteiger partial charge in [-0.3, -0.25) is 9.59 Å². The van der Waals surface area contributed by atoms with Crippen LogP contribution in [-0.2, 0) is 16.0 Å². The predicted molar refractivity (Wildman–Crippen MR) is 104 cm³/mol. The van der Waals surface area contributed by atoms with E-state index in [1.165, 1.54) is 12.1 Å². The molecule has 0 spiro atoms. The molecule has 1 fully saturated rings. The third kappa shape index (κ3) is 4.73. The summed E-state index contributed by atoms with van der Waals surface area (Å²) in [5.74, 6) is -0.430. The maximum atomic E-state index is 13.3. The van der Waals surface area contributed by atoms with E-state index in [1.807, 2.05) is 32.0 Å². The molecule has 1 aliphatic rings. The molecule has 5 heteroatoms. The second-order valence-corrected chi connectivity index (χ2v) is 7.20. The van der Waals surface area contributed by atoms with E-state index in [2.05, 4.69) is 5.32 Å². The predicted octanol–water partition coefficient (Wildman–Crippen LogP) is 3.86. The lowest BCUT2D eigenvalue weighted by Crippen LogP contribution is -2.42. The molecule has 1 N–H and O–H groups in total. The van der Waals surface area contributed by atoms with Gasteiger partial charge in [0.1, 0.15) is 5.82 Å². The molecule has 0 unspecified atom stereocenters. The number of benzene rings is 2. The molecule has 142 valence electrons. The van der Waals surface area contributed by atoms with Crippen molar-refractivity contribution in [1.82, 2.24) is 4.90 Å². The van der Waals surface area contributed by atoms with Gasteiger partial charge in [-0.15, -0.1) is 0 Å². The van der Waals surface area contributed by atoms with Crippen LogP contribution in [0.1, 0.15) is 29.5 Å². The Morgan fingerprint density at radius 2 is 1.81 bits per heavy atom. The number of likely N-dealkylation sites (tertiary alicyclic amines) is 1. The molecule has 2 amide bonds. The van der Waals surface area contributed by atoms with Gasteiger partial charge in [-0.2, -0.15) is 0 Å². The molecule has 1 saturated heterocycles. The number of carbonyl (C=O) groups is 2. The van der Waals surface area contributed by atoms with E-state index in [9.17, 15) is 14.0 Å². The van der Waals surface area contributed by atoms with Gasteiger partial charge >= 0.3 is 0 Å². The van der Waals surface area contributed by atoms with Crippen molar-refractivity contribution in [2.45, 2.75) is 33.1 Å². The van der Waals surface area contributed by atoms with Crippen molar-refractivity contribution in [1.29, 1.82) is 0 Å². The number of piperidine rings is 1. The monoisotopic (exact) mass is 368 g/mol. The summed E-state index contributed by atoms with van der Waals surface area (Å²) in [5, 5.41) is 3.03. The van der Waals surface area contributed by atoms with Gasteiger partial charge in [0.15, 0.2) is 0 Å². The fraction of sp³-hybridized carbons (Fsp3) is 0.364. The van der Waals surface area contributed by atoms with Crippen molar-refractivity contribution < 1.29 is 14.0 Å². The van der Waals surface area contributed by atoms with Crippen molar-refractivity contribution in [2.24, 2.45) is 5.92 Å². The molecule has 4 nitrogen and oxygen atoms in total. The molecule has 3 rings (SSSR count). The number of nitrogens with zero attached hydrogens (tertiary/aromatic N) is 1. The molecule has 0 radical (unpaired) electrons. The van der Waals surface area contributed by atoms with Crippen LogP contribution in [0, 0.1) is 25.6 Å². The maximum absolute atomic E-state index is 13.3.